The van der Waals surface area contributed by atoms with Crippen LogP contribution in [0, 0.1) is 16.7 Å². The lowest BCUT2D eigenvalue weighted by molar-refractivity contribution is -0.148. The molecule has 0 aliphatic heterocycles. The standard InChI is InChI=1S/C14H19BrOS/c1-12(2)9-4-6-13(3,8-9)14(12,16)11-10(15)5-7-17-11/h5,7,9,16H,4,6,8H2,1-3H3. The summed E-state index contributed by atoms with van der Waals surface area (Å²) in [5, 5.41) is 13.6. The summed E-state index contributed by atoms with van der Waals surface area (Å²) < 4.78 is 1.08. The summed E-state index contributed by atoms with van der Waals surface area (Å²) in [5.41, 5.74) is -0.641. The molecular formula is C14H19BrOS. The van der Waals surface area contributed by atoms with Gasteiger partial charge in [0.05, 0.1) is 4.88 Å². The van der Waals surface area contributed by atoms with Gasteiger partial charge in [-0.2, -0.15) is 0 Å². The van der Waals surface area contributed by atoms with Crippen LogP contribution in [0.1, 0.15) is 44.9 Å². The van der Waals surface area contributed by atoms with E-state index < -0.39 is 5.60 Å². The molecule has 2 saturated carbocycles. The quantitative estimate of drug-likeness (QED) is 0.806. The van der Waals surface area contributed by atoms with E-state index in [1.165, 1.54) is 12.8 Å². The lowest BCUT2D eigenvalue weighted by Gasteiger charge is -2.50. The Morgan fingerprint density at radius 2 is 2.12 bits per heavy atom. The van der Waals surface area contributed by atoms with Crippen molar-refractivity contribution in [3.63, 3.8) is 0 Å². The highest BCUT2D eigenvalue weighted by Gasteiger charge is 2.69. The number of fused-ring (bicyclic) bond motifs is 2. The second kappa shape index (κ2) is 3.37. The predicted molar refractivity (Wildman–Crippen MR) is 75.1 cm³/mol. The fraction of sp³-hybridized carbons (Fsp3) is 0.714. The van der Waals surface area contributed by atoms with Gasteiger partial charge in [-0.25, -0.2) is 0 Å². The lowest BCUT2D eigenvalue weighted by atomic mass is 9.60. The molecule has 1 aromatic heterocycles. The van der Waals surface area contributed by atoms with Crippen LogP contribution in [0.15, 0.2) is 15.9 Å². The van der Waals surface area contributed by atoms with E-state index in [2.05, 4.69) is 48.1 Å². The van der Waals surface area contributed by atoms with Crippen molar-refractivity contribution < 1.29 is 5.11 Å². The first-order valence-electron chi connectivity index (χ1n) is 6.29. The summed E-state index contributed by atoms with van der Waals surface area (Å²) in [6.07, 6.45) is 3.59. The summed E-state index contributed by atoms with van der Waals surface area (Å²) >= 11 is 5.30. The summed E-state index contributed by atoms with van der Waals surface area (Å²) in [6, 6.07) is 2.06. The molecule has 2 aliphatic rings. The Kier molecular flexibility index (Phi) is 2.42. The minimum absolute atomic E-state index is 0.0205. The van der Waals surface area contributed by atoms with Gasteiger partial charge < -0.3 is 5.11 Å². The number of aliphatic hydroxyl groups is 1. The van der Waals surface area contributed by atoms with Crippen LogP contribution in [0.3, 0.4) is 0 Å². The Morgan fingerprint density at radius 1 is 1.41 bits per heavy atom. The van der Waals surface area contributed by atoms with Gasteiger partial charge in [0.15, 0.2) is 0 Å². The van der Waals surface area contributed by atoms with Crippen LogP contribution >= 0.6 is 27.3 Å². The number of rotatable bonds is 1. The maximum atomic E-state index is 11.5. The molecule has 2 fully saturated rings. The Bertz CT molecular complexity index is 460. The normalized spacial score (nSPS) is 43.2. The van der Waals surface area contributed by atoms with Crippen LogP contribution in [-0.2, 0) is 5.60 Å². The average molecular weight is 315 g/mol. The molecule has 0 saturated heterocycles. The molecular weight excluding hydrogens is 296 g/mol. The van der Waals surface area contributed by atoms with Crippen LogP contribution in [0.25, 0.3) is 0 Å². The Balaban J connectivity index is 2.21. The molecule has 0 spiro atoms. The fourth-order valence-corrected chi connectivity index (χ4v) is 6.45. The number of halogens is 1. The molecule has 2 bridgehead atoms. The zero-order chi connectivity index (χ0) is 12.5. The zero-order valence-electron chi connectivity index (χ0n) is 10.6. The molecule has 1 N–H and O–H groups in total. The molecule has 1 aromatic rings. The number of hydrogen-bond acceptors (Lipinski definition) is 2. The number of hydrogen-bond donors (Lipinski definition) is 1. The molecule has 3 heteroatoms. The summed E-state index contributed by atoms with van der Waals surface area (Å²) in [7, 11) is 0. The highest BCUT2D eigenvalue weighted by Crippen LogP contribution is 2.72. The van der Waals surface area contributed by atoms with E-state index in [-0.39, 0.29) is 10.8 Å². The smallest absolute Gasteiger partial charge is 0.110 e. The maximum absolute atomic E-state index is 11.5. The van der Waals surface area contributed by atoms with E-state index in [1.807, 2.05) is 0 Å². The van der Waals surface area contributed by atoms with E-state index in [4.69, 9.17) is 0 Å². The SMILES string of the molecule is CC12CCC(C1)C(C)(C)C2(O)c1sccc1Br. The minimum atomic E-state index is -0.671. The second-order valence-electron chi connectivity index (χ2n) is 6.53. The van der Waals surface area contributed by atoms with Crippen molar-refractivity contribution in [3.05, 3.63) is 20.8 Å². The third-order valence-corrected chi connectivity index (χ3v) is 7.46. The first kappa shape index (κ1) is 12.2. The molecule has 1 nitrogen and oxygen atoms in total. The Hall–Kier alpha value is 0.140. The molecule has 3 rings (SSSR count). The van der Waals surface area contributed by atoms with Crippen molar-refractivity contribution in [1.29, 1.82) is 0 Å². The van der Waals surface area contributed by atoms with Gasteiger partial charge in [-0.15, -0.1) is 11.3 Å². The van der Waals surface area contributed by atoms with Crippen molar-refractivity contribution in [2.75, 3.05) is 0 Å². The van der Waals surface area contributed by atoms with Gasteiger partial charge in [-0.3, -0.25) is 0 Å². The van der Waals surface area contributed by atoms with Gasteiger partial charge in [-0.1, -0.05) is 20.8 Å². The lowest BCUT2D eigenvalue weighted by Crippen LogP contribution is -2.51. The molecule has 3 atom stereocenters. The Morgan fingerprint density at radius 3 is 2.59 bits per heavy atom. The van der Waals surface area contributed by atoms with Crippen LogP contribution in [0.5, 0.6) is 0 Å². The highest BCUT2D eigenvalue weighted by atomic mass is 79.9. The molecule has 2 aliphatic carbocycles. The molecule has 0 amide bonds. The van der Waals surface area contributed by atoms with E-state index in [1.54, 1.807) is 11.3 Å². The van der Waals surface area contributed by atoms with Gasteiger partial charge in [-0.05, 0) is 52.6 Å². The first-order valence-corrected chi connectivity index (χ1v) is 7.96. The number of thiophene rings is 1. The maximum Gasteiger partial charge on any atom is 0.110 e. The van der Waals surface area contributed by atoms with Gasteiger partial charge in [0.25, 0.3) is 0 Å². The van der Waals surface area contributed by atoms with E-state index in [9.17, 15) is 5.11 Å². The molecule has 0 aromatic carbocycles. The summed E-state index contributed by atoms with van der Waals surface area (Å²) in [5.74, 6) is 0.659. The van der Waals surface area contributed by atoms with E-state index in [0.717, 1.165) is 15.8 Å². The fourth-order valence-electron chi connectivity index (χ4n) is 4.38. The largest absolute Gasteiger partial charge is 0.383 e. The van der Waals surface area contributed by atoms with E-state index in [0.29, 0.717) is 5.92 Å². The molecule has 1 heterocycles. The van der Waals surface area contributed by atoms with Gasteiger partial charge in [0, 0.05) is 15.3 Å². The molecule has 17 heavy (non-hydrogen) atoms. The topological polar surface area (TPSA) is 20.2 Å². The van der Waals surface area contributed by atoms with Crippen molar-refractivity contribution in [2.45, 2.75) is 45.6 Å². The van der Waals surface area contributed by atoms with Crippen LogP contribution < -0.4 is 0 Å². The van der Waals surface area contributed by atoms with E-state index >= 15 is 0 Å². The van der Waals surface area contributed by atoms with Gasteiger partial charge in [0.1, 0.15) is 5.60 Å². The Labute approximate surface area is 115 Å². The monoisotopic (exact) mass is 314 g/mol. The summed E-state index contributed by atoms with van der Waals surface area (Å²) in [4.78, 5) is 1.13. The van der Waals surface area contributed by atoms with Crippen molar-refractivity contribution in [3.8, 4) is 0 Å². The second-order valence-corrected chi connectivity index (χ2v) is 8.30. The molecule has 94 valence electrons. The zero-order valence-corrected chi connectivity index (χ0v) is 13.0. The molecule has 0 radical (unpaired) electrons. The van der Waals surface area contributed by atoms with Crippen LogP contribution in [0.4, 0.5) is 0 Å². The van der Waals surface area contributed by atoms with Gasteiger partial charge >= 0.3 is 0 Å². The van der Waals surface area contributed by atoms with Crippen molar-refractivity contribution >= 4 is 27.3 Å². The van der Waals surface area contributed by atoms with Crippen molar-refractivity contribution in [1.82, 2.24) is 0 Å². The van der Waals surface area contributed by atoms with Crippen molar-refractivity contribution in [2.24, 2.45) is 16.7 Å². The summed E-state index contributed by atoms with van der Waals surface area (Å²) in [6.45, 7) is 6.76. The van der Waals surface area contributed by atoms with Crippen LogP contribution in [-0.4, -0.2) is 5.11 Å². The highest BCUT2D eigenvalue weighted by molar-refractivity contribution is 9.10. The van der Waals surface area contributed by atoms with Gasteiger partial charge in [0.2, 0.25) is 0 Å². The third kappa shape index (κ3) is 1.23. The minimum Gasteiger partial charge on any atom is -0.383 e. The van der Waals surface area contributed by atoms with Crippen LogP contribution in [0.2, 0.25) is 0 Å². The molecule has 3 unspecified atom stereocenters. The predicted octanol–water partition coefficient (Wildman–Crippen LogP) is 4.54. The average Bonchev–Trinajstić information content (AvgIpc) is 2.86. The third-order valence-electron chi connectivity index (χ3n) is 5.51. The first-order chi connectivity index (χ1) is 7.83.